The van der Waals surface area contributed by atoms with Gasteiger partial charge in [-0.15, -0.1) is 0 Å². The van der Waals surface area contributed by atoms with E-state index in [0.29, 0.717) is 12.2 Å². The van der Waals surface area contributed by atoms with Crippen molar-refractivity contribution in [3.05, 3.63) is 71.4 Å². The molecule has 5 rings (SSSR count). The van der Waals surface area contributed by atoms with Gasteiger partial charge < -0.3 is 14.6 Å². The molecule has 1 N–H and O–H groups in total. The maximum atomic E-state index is 12.5. The SMILES string of the molecule is Cc1cc2ccccc2c(-c2ccc3c4c(ccnc24)CCO3)c1[C@@H](OC(C)(C)C)C(=O)O. The Labute approximate surface area is 193 Å². The van der Waals surface area contributed by atoms with E-state index < -0.39 is 17.7 Å². The van der Waals surface area contributed by atoms with Crippen molar-refractivity contribution in [1.29, 1.82) is 0 Å². The molecule has 1 aliphatic heterocycles. The van der Waals surface area contributed by atoms with Crippen LogP contribution >= 0.6 is 0 Å². The molecule has 0 spiro atoms. The summed E-state index contributed by atoms with van der Waals surface area (Å²) in [7, 11) is 0. The third kappa shape index (κ3) is 3.72. The summed E-state index contributed by atoms with van der Waals surface area (Å²) in [6.07, 6.45) is 1.53. The summed E-state index contributed by atoms with van der Waals surface area (Å²) in [5.41, 5.74) is 4.66. The number of ether oxygens (including phenoxy) is 2. The number of pyridine rings is 1. The van der Waals surface area contributed by atoms with Crippen LogP contribution in [0.5, 0.6) is 5.75 Å². The first kappa shape index (κ1) is 21.4. The number of nitrogens with zero attached hydrogens (tertiary/aromatic N) is 1. The molecule has 1 aromatic heterocycles. The van der Waals surface area contributed by atoms with Crippen LogP contribution < -0.4 is 4.74 Å². The van der Waals surface area contributed by atoms with E-state index in [1.165, 1.54) is 5.56 Å². The van der Waals surface area contributed by atoms with E-state index in [-0.39, 0.29) is 0 Å². The van der Waals surface area contributed by atoms with Gasteiger partial charge in [0.25, 0.3) is 0 Å². The van der Waals surface area contributed by atoms with E-state index in [0.717, 1.165) is 50.5 Å². The summed E-state index contributed by atoms with van der Waals surface area (Å²) in [5, 5.41) is 13.3. The Morgan fingerprint density at radius 2 is 1.94 bits per heavy atom. The predicted octanol–water partition coefficient (Wildman–Crippen LogP) is 6.24. The van der Waals surface area contributed by atoms with Gasteiger partial charge in [0, 0.05) is 29.1 Å². The molecule has 0 unspecified atom stereocenters. The van der Waals surface area contributed by atoms with Crippen LogP contribution in [-0.4, -0.2) is 28.3 Å². The van der Waals surface area contributed by atoms with Crippen LogP contribution in [0.2, 0.25) is 0 Å². The van der Waals surface area contributed by atoms with E-state index >= 15 is 0 Å². The highest BCUT2D eigenvalue weighted by molar-refractivity contribution is 6.08. The molecule has 0 radical (unpaired) electrons. The van der Waals surface area contributed by atoms with Crippen LogP contribution in [0.1, 0.15) is 43.6 Å². The fourth-order valence-corrected chi connectivity index (χ4v) is 4.82. The van der Waals surface area contributed by atoms with Gasteiger partial charge in [-0.05, 0) is 73.4 Å². The normalized spacial score (nSPS) is 14.3. The number of hydrogen-bond donors (Lipinski definition) is 1. The second kappa shape index (κ2) is 7.85. The summed E-state index contributed by atoms with van der Waals surface area (Å²) in [6.45, 7) is 8.22. The van der Waals surface area contributed by atoms with Gasteiger partial charge in [-0.3, -0.25) is 4.98 Å². The second-order valence-electron chi connectivity index (χ2n) is 9.56. The summed E-state index contributed by atoms with van der Waals surface area (Å²) in [4.78, 5) is 17.3. The van der Waals surface area contributed by atoms with Crippen molar-refractivity contribution < 1.29 is 19.4 Å². The zero-order chi connectivity index (χ0) is 23.3. The lowest BCUT2D eigenvalue weighted by Gasteiger charge is -2.29. The molecule has 0 saturated heterocycles. The van der Waals surface area contributed by atoms with Crippen molar-refractivity contribution in [2.75, 3.05) is 6.61 Å². The molecule has 2 heterocycles. The molecular formula is C28H27NO4. The van der Waals surface area contributed by atoms with Crippen molar-refractivity contribution in [3.8, 4) is 16.9 Å². The minimum atomic E-state index is -1.12. The van der Waals surface area contributed by atoms with Gasteiger partial charge in [-0.1, -0.05) is 30.3 Å². The molecule has 1 aliphatic rings. The average Bonchev–Trinajstić information content (AvgIpc) is 2.77. The van der Waals surface area contributed by atoms with Gasteiger partial charge in [0.15, 0.2) is 6.10 Å². The van der Waals surface area contributed by atoms with E-state index in [9.17, 15) is 9.90 Å². The van der Waals surface area contributed by atoms with Crippen molar-refractivity contribution in [2.45, 2.75) is 45.8 Å². The predicted molar refractivity (Wildman–Crippen MR) is 130 cm³/mol. The Morgan fingerprint density at radius 3 is 2.70 bits per heavy atom. The lowest BCUT2D eigenvalue weighted by atomic mass is 9.85. The molecule has 1 atom stereocenters. The van der Waals surface area contributed by atoms with E-state index in [1.807, 2.05) is 76.4 Å². The Kier molecular flexibility index (Phi) is 5.09. The summed E-state index contributed by atoms with van der Waals surface area (Å²) >= 11 is 0. The minimum Gasteiger partial charge on any atom is -0.493 e. The van der Waals surface area contributed by atoms with Crippen molar-refractivity contribution >= 4 is 27.6 Å². The van der Waals surface area contributed by atoms with Crippen molar-refractivity contribution in [2.24, 2.45) is 0 Å². The summed E-state index contributed by atoms with van der Waals surface area (Å²) in [5.74, 6) is -0.189. The van der Waals surface area contributed by atoms with Crippen LogP contribution in [0.25, 0.3) is 32.8 Å². The first-order valence-electron chi connectivity index (χ1n) is 11.2. The summed E-state index contributed by atoms with van der Waals surface area (Å²) < 4.78 is 12.0. The number of carboxylic acid groups (broad SMARTS) is 1. The van der Waals surface area contributed by atoms with Gasteiger partial charge in [0.2, 0.25) is 0 Å². The molecule has 0 amide bonds. The smallest absolute Gasteiger partial charge is 0.337 e. The summed E-state index contributed by atoms with van der Waals surface area (Å²) in [6, 6.07) is 16.1. The monoisotopic (exact) mass is 441 g/mol. The highest BCUT2D eigenvalue weighted by atomic mass is 16.5. The number of aromatic nitrogens is 1. The quantitative estimate of drug-likeness (QED) is 0.406. The van der Waals surface area contributed by atoms with Crippen LogP contribution in [0, 0.1) is 6.92 Å². The molecule has 0 saturated carbocycles. The third-order valence-corrected chi connectivity index (χ3v) is 6.09. The van der Waals surface area contributed by atoms with Gasteiger partial charge in [-0.2, -0.15) is 0 Å². The van der Waals surface area contributed by atoms with Crippen LogP contribution in [0.15, 0.2) is 54.7 Å². The first-order valence-corrected chi connectivity index (χ1v) is 11.2. The highest BCUT2D eigenvalue weighted by Gasteiger charge is 2.32. The molecule has 5 heteroatoms. The van der Waals surface area contributed by atoms with Crippen molar-refractivity contribution in [1.82, 2.24) is 4.98 Å². The molecule has 0 fully saturated rings. The fourth-order valence-electron chi connectivity index (χ4n) is 4.82. The number of aliphatic carboxylic acids is 1. The average molecular weight is 442 g/mol. The lowest BCUT2D eigenvalue weighted by molar-refractivity contribution is -0.160. The highest BCUT2D eigenvalue weighted by Crippen LogP contribution is 2.44. The Bertz CT molecular complexity index is 1390. The molecule has 0 bridgehead atoms. The topological polar surface area (TPSA) is 68.7 Å². The zero-order valence-electron chi connectivity index (χ0n) is 19.3. The van der Waals surface area contributed by atoms with Crippen molar-refractivity contribution in [3.63, 3.8) is 0 Å². The molecule has 33 heavy (non-hydrogen) atoms. The van der Waals surface area contributed by atoms with Gasteiger partial charge >= 0.3 is 5.97 Å². The number of fused-ring (bicyclic) bond motifs is 1. The van der Waals surface area contributed by atoms with E-state index in [4.69, 9.17) is 14.5 Å². The minimum absolute atomic E-state index is 0.634. The first-order chi connectivity index (χ1) is 15.7. The molecule has 3 aromatic carbocycles. The van der Waals surface area contributed by atoms with Crippen LogP contribution in [0.4, 0.5) is 0 Å². The van der Waals surface area contributed by atoms with E-state index in [2.05, 4.69) is 6.07 Å². The van der Waals surface area contributed by atoms with Gasteiger partial charge in [-0.25, -0.2) is 4.79 Å². The number of carbonyl (C=O) groups is 1. The number of hydrogen-bond acceptors (Lipinski definition) is 4. The number of aryl methyl sites for hydroxylation is 1. The lowest BCUT2D eigenvalue weighted by Crippen LogP contribution is -2.28. The van der Waals surface area contributed by atoms with E-state index in [1.54, 1.807) is 0 Å². The van der Waals surface area contributed by atoms with Crippen LogP contribution in [-0.2, 0) is 16.0 Å². The Hall–Kier alpha value is -3.44. The second-order valence-corrected chi connectivity index (χ2v) is 9.56. The fraction of sp³-hybridized carbons (Fsp3) is 0.286. The molecule has 168 valence electrons. The van der Waals surface area contributed by atoms with Gasteiger partial charge in [0.1, 0.15) is 5.75 Å². The zero-order valence-corrected chi connectivity index (χ0v) is 19.3. The van der Waals surface area contributed by atoms with Crippen LogP contribution in [0.3, 0.4) is 0 Å². The Balaban J connectivity index is 1.90. The molecule has 5 nitrogen and oxygen atoms in total. The molecule has 4 aromatic rings. The number of rotatable bonds is 4. The maximum Gasteiger partial charge on any atom is 0.337 e. The number of benzene rings is 3. The molecule has 0 aliphatic carbocycles. The molecular weight excluding hydrogens is 414 g/mol. The maximum absolute atomic E-state index is 12.5. The standard InChI is InChI=1S/C28H27NO4/c1-16-15-18-7-5-6-8-19(18)24(22(16)26(27(30)31)33-28(2,3)4)20-9-10-21-23-17(12-14-32-21)11-13-29-25(20)23/h5-11,13,15,26H,12,14H2,1-4H3,(H,30,31)/t26-/m1/s1. The largest absolute Gasteiger partial charge is 0.493 e. The Morgan fingerprint density at radius 1 is 1.15 bits per heavy atom. The number of carboxylic acids is 1. The third-order valence-electron chi connectivity index (χ3n) is 6.09. The van der Waals surface area contributed by atoms with Gasteiger partial charge in [0.05, 0.1) is 17.7 Å².